The fourth-order valence-corrected chi connectivity index (χ4v) is 5.22. The van der Waals surface area contributed by atoms with E-state index < -0.39 is 10.0 Å². The van der Waals surface area contributed by atoms with Crippen molar-refractivity contribution >= 4 is 33.2 Å². The first kappa shape index (κ1) is 20.8. The molecule has 0 spiro atoms. The lowest BCUT2D eigenvalue weighted by Gasteiger charge is -2.30. The maximum absolute atomic E-state index is 12.8. The topological polar surface area (TPSA) is 66.5 Å². The number of amides is 1. The fourth-order valence-electron chi connectivity index (χ4n) is 3.37. The van der Waals surface area contributed by atoms with Crippen molar-refractivity contribution in [3.05, 3.63) is 64.2 Å². The number of hydrogen-bond acceptors (Lipinski definition) is 3. The molecule has 5 nitrogen and oxygen atoms in total. The Hall–Kier alpha value is -1.89. The largest absolute Gasteiger partial charge is 0.326 e. The Kier molecular flexibility index (Phi) is 6.43. The SMILES string of the molecule is Cc1ccc(NC(=O)C2CCN(S(=O)(=O)Cc3ccccc3C)CC2)cc1Cl. The molecule has 0 aliphatic carbocycles. The monoisotopic (exact) mass is 420 g/mol. The fraction of sp³-hybridized carbons (Fsp3) is 0.381. The smallest absolute Gasteiger partial charge is 0.227 e. The summed E-state index contributed by atoms with van der Waals surface area (Å²) in [5.41, 5.74) is 3.40. The van der Waals surface area contributed by atoms with Crippen molar-refractivity contribution in [3.63, 3.8) is 0 Å². The van der Waals surface area contributed by atoms with E-state index in [0.717, 1.165) is 16.7 Å². The van der Waals surface area contributed by atoms with Gasteiger partial charge in [0.25, 0.3) is 0 Å². The number of aryl methyl sites for hydroxylation is 2. The van der Waals surface area contributed by atoms with Crippen LogP contribution in [0.15, 0.2) is 42.5 Å². The van der Waals surface area contributed by atoms with Crippen LogP contribution in [0.5, 0.6) is 0 Å². The lowest BCUT2D eigenvalue weighted by molar-refractivity contribution is -0.120. The summed E-state index contributed by atoms with van der Waals surface area (Å²) in [6, 6.07) is 12.9. The Morgan fingerprint density at radius 3 is 2.43 bits per heavy atom. The summed E-state index contributed by atoms with van der Waals surface area (Å²) in [5, 5.41) is 3.50. The molecule has 3 rings (SSSR count). The Balaban J connectivity index is 1.58. The zero-order valence-electron chi connectivity index (χ0n) is 16.1. The van der Waals surface area contributed by atoms with Gasteiger partial charge < -0.3 is 5.32 Å². The molecule has 28 heavy (non-hydrogen) atoms. The number of carbonyl (C=O) groups is 1. The van der Waals surface area contributed by atoms with Crippen LogP contribution in [0.25, 0.3) is 0 Å². The Morgan fingerprint density at radius 2 is 1.79 bits per heavy atom. The molecule has 0 atom stereocenters. The summed E-state index contributed by atoms with van der Waals surface area (Å²) in [7, 11) is -3.39. The van der Waals surface area contributed by atoms with Crippen LogP contribution in [0, 0.1) is 19.8 Å². The van der Waals surface area contributed by atoms with Gasteiger partial charge >= 0.3 is 0 Å². The molecule has 1 heterocycles. The summed E-state index contributed by atoms with van der Waals surface area (Å²) in [6.07, 6.45) is 1.02. The van der Waals surface area contributed by atoms with E-state index in [1.54, 1.807) is 6.07 Å². The number of nitrogens with one attached hydrogen (secondary N) is 1. The average molecular weight is 421 g/mol. The van der Waals surface area contributed by atoms with Crippen LogP contribution >= 0.6 is 11.6 Å². The van der Waals surface area contributed by atoms with Crippen LogP contribution in [0.4, 0.5) is 5.69 Å². The van der Waals surface area contributed by atoms with Crippen LogP contribution in [0.3, 0.4) is 0 Å². The van der Waals surface area contributed by atoms with Gasteiger partial charge in [0.2, 0.25) is 15.9 Å². The number of piperidine rings is 1. The van der Waals surface area contributed by atoms with Crippen molar-refractivity contribution < 1.29 is 13.2 Å². The average Bonchev–Trinajstić information content (AvgIpc) is 2.66. The highest BCUT2D eigenvalue weighted by Crippen LogP contribution is 2.25. The van der Waals surface area contributed by atoms with Gasteiger partial charge in [-0.1, -0.05) is 41.9 Å². The van der Waals surface area contributed by atoms with Crippen LogP contribution < -0.4 is 5.32 Å². The molecule has 1 N–H and O–H groups in total. The standard InChI is InChI=1S/C21H25ClN2O3S/c1-15-5-3-4-6-18(15)14-28(26,27)24-11-9-17(10-12-24)21(25)23-19-8-7-16(2)20(22)13-19/h3-8,13,17H,9-12,14H2,1-2H3,(H,23,25). The molecule has 0 saturated carbocycles. The van der Waals surface area contributed by atoms with Gasteiger partial charge in [-0.2, -0.15) is 0 Å². The Bertz CT molecular complexity index is 967. The van der Waals surface area contributed by atoms with E-state index in [9.17, 15) is 13.2 Å². The third-order valence-corrected chi connectivity index (χ3v) is 7.49. The predicted molar refractivity (Wildman–Crippen MR) is 113 cm³/mol. The van der Waals surface area contributed by atoms with Crippen LogP contribution in [0.1, 0.15) is 29.5 Å². The Labute approximate surface area is 171 Å². The molecule has 150 valence electrons. The predicted octanol–water partition coefficient (Wildman–Crippen LogP) is 4.14. The van der Waals surface area contributed by atoms with Crippen LogP contribution in [-0.2, 0) is 20.6 Å². The molecule has 2 aromatic carbocycles. The van der Waals surface area contributed by atoms with Gasteiger partial charge in [0, 0.05) is 29.7 Å². The number of anilines is 1. The van der Waals surface area contributed by atoms with E-state index in [1.165, 1.54) is 4.31 Å². The van der Waals surface area contributed by atoms with Gasteiger partial charge in [0.15, 0.2) is 0 Å². The summed E-state index contributed by atoms with van der Waals surface area (Å²) in [6.45, 7) is 4.54. The summed E-state index contributed by atoms with van der Waals surface area (Å²) in [5.74, 6) is -0.292. The highest BCUT2D eigenvalue weighted by molar-refractivity contribution is 7.88. The number of halogens is 1. The zero-order valence-corrected chi connectivity index (χ0v) is 17.7. The minimum absolute atomic E-state index is 0.00159. The van der Waals surface area contributed by atoms with E-state index in [4.69, 9.17) is 11.6 Å². The zero-order chi connectivity index (χ0) is 20.3. The lowest BCUT2D eigenvalue weighted by Crippen LogP contribution is -2.41. The second-order valence-electron chi connectivity index (χ2n) is 7.31. The van der Waals surface area contributed by atoms with Crippen LogP contribution in [-0.4, -0.2) is 31.7 Å². The number of carbonyl (C=O) groups excluding carboxylic acids is 1. The normalized spacial score (nSPS) is 16.1. The molecule has 0 unspecified atom stereocenters. The number of sulfonamides is 1. The minimum Gasteiger partial charge on any atom is -0.326 e. The number of hydrogen-bond donors (Lipinski definition) is 1. The molecular formula is C21H25ClN2O3S. The van der Waals surface area contributed by atoms with Gasteiger partial charge in [0.1, 0.15) is 0 Å². The molecule has 1 aliphatic rings. The maximum Gasteiger partial charge on any atom is 0.227 e. The first-order valence-electron chi connectivity index (χ1n) is 9.35. The van der Waals surface area contributed by atoms with E-state index in [2.05, 4.69) is 5.32 Å². The highest BCUT2D eigenvalue weighted by atomic mass is 35.5. The molecule has 0 radical (unpaired) electrons. The molecule has 1 fully saturated rings. The molecule has 0 bridgehead atoms. The molecule has 1 saturated heterocycles. The summed E-state index contributed by atoms with van der Waals surface area (Å²) in [4.78, 5) is 12.5. The van der Waals surface area contributed by atoms with E-state index in [0.29, 0.717) is 36.6 Å². The van der Waals surface area contributed by atoms with E-state index >= 15 is 0 Å². The highest BCUT2D eigenvalue weighted by Gasteiger charge is 2.31. The number of rotatable bonds is 5. The summed E-state index contributed by atoms with van der Waals surface area (Å²) < 4.78 is 27.0. The maximum atomic E-state index is 12.8. The van der Waals surface area contributed by atoms with Crippen molar-refractivity contribution in [1.82, 2.24) is 4.31 Å². The lowest BCUT2D eigenvalue weighted by atomic mass is 9.97. The van der Waals surface area contributed by atoms with Crippen molar-refractivity contribution in [2.75, 3.05) is 18.4 Å². The molecule has 2 aromatic rings. The second-order valence-corrected chi connectivity index (χ2v) is 9.69. The third-order valence-electron chi connectivity index (χ3n) is 5.26. The first-order valence-corrected chi connectivity index (χ1v) is 11.3. The van der Waals surface area contributed by atoms with Gasteiger partial charge in [-0.3, -0.25) is 4.79 Å². The molecule has 0 aromatic heterocycles. The number of benzene rings is 2. The Morgan fingerprint density at radius 1 is 1.11 bits per heavy atom. The van der Waals surface area contributed by atoms with E-state index in [-0.39, 0.29) is 17.6 Å². The van der Waals surface area contributed by atoms with Gasteiger partial charge in [-0.25, -0.2) is 12.7 Å². The quantitative estimate of drug-likeness (QED) is 0.790. The molecule has 1 amide bonds. The van der Waals surface area contributed by atoms with Gasteiger partial charge in [0.05, 0.1) is 5.75 Å². The first-order chi connectivity index (χ1) is 13.3. The number of nitrogens with zero attached hydrogens (tertiary/aromatic N) is 1. The summed E-state index contributed by atoms with van der Waals surface area (Å²) >= 11 is 6.11. The van der Waals surface area contributed by atoms with Crippen molar-refractivity contribution in [3.8, 4) is 0 Å². The van der Waals surface area contributed by atoms with Crippen LogP contribution in [0.2, 0.25) is 5.02 Å². The second kappa shape index (κ2) is 8.64. The third kappa shape index (κ3) is 4.93. The molecule has 1 aliphatic heterocycles. The van der Waals surface area contributed by atoms with E-state index in [1.807, 2.05) is 50.2 Å². The van der Waals surface area contributed by atoms with Gasteiger partial charge in [-0.05, 0) is 55.5 Å². The van der Waals surface area contributed by atoms with Crippen molar-refractivity contribution in [2.45, 2.75) is 32.4 Å². The van der Waals surface area contributed by atoms with Crippen molar-refractivity contribution in [1.29, 1.82) is 0 Å². The van der Waals surface area contributed by atoms with Gasteiger partial charge in [-0.15, -0.1) is 0 Å². The van der Waals surface area contributed by atoms with Crippen molar-refractivity contribution in [2.24, 2.45) is 5.92 Å². The molecular weight excluding hydrogens is 396 g/mol. The molecule has 7 heteroatoms. The minimum atomic E-state index is -3.39.